The molecule has 0 aromatic heterocycles. The summed E-state index contributed by atoms with van der Waals surface area (Å²) >= 11 is 0. The number of sulfone groups is 1. The van der Waals surface area contributed by atoms with E-state index < -0.39 is 20.6 Å². The molecule has 7 heteroatoms. The van der Waals surface area contributed by atoms with Crippen LogP contribution in [0, 0.1) is 11.8 Å². The SMILES string of the molecule is COC(=O)C(C)(CCN1CC=C(c2ccc(C#CCCCO)cc2)CC1)S(C)(=O)=O. The van der Waals surface area contributed by atoms with Gasteiger partial charge in [-0.2, -0.15) is 0 Å². The van der Waals surface area contributed by atoms with Crippen molar-refractivity contribution in [2.24, 2.45) is 0 Å². The smallest absolute Gasteiger partial charge is 0.326 e. The molecule has 1 aliphatic heterocycles. The first-order valence-corrected chi connectivity index (χ1v) is 12.0. The lowest BCUT2D eigenvalue weighted by Gasteiger charge is -2.31. The summed E-state index contributed by atoms with van der Waals surface area (Å²) in [6, 6.07) is 8.13. The molecule has 1 aromatic rings. The van der Waals surface area contributed by atoms with Crippen molar-refractivity contribution in [3.8, 4) is 11.8 Å². The lowest BCUT2D eigenvalue weighted by molar-refractivity contribution is -0.143. The summed E-state index contributed by atoms with van der Waals surface area (Å²) in [6.07, 6.45) is 5.67. The second-order valence-corrected chi connectivity index (χ2v) is 10.2. The largest absolute Gasteiger partial charge is 0.468 e. The van der Waals surface area contributed by atoms with Gasteiger partial charge in [0.2, 0.25) is 0 Å². The van der Waals surface area contributed by atoms with E-state index in [9.17, 15) is 13.2 Å². The van der Waals surface area contributed by atoms with E-state index in [0.29, 0.717) is 25.9 Å². The maximum Gasteiger partial charge on any atom is 0.326 e. The maximum atomic E-state index is 12.1. The van der Waals surface area contributed by atoms with E-state index in [1.807, 2.05) is 12.1 Å². The van der Waals surface area contributed by atoms with Gasteiger partial charge in [-0.15, -0.1) is 0 Å². The number of carbonyl (C=O) groups excluding carboxylic acids is 1. The summed E-state index contributed by atoms with van der Waals surface area (Å²) in [4.78, 5) is 14.2. The molecule has 1 heterocycles. The Bertz CT molecular complexity index is 925. The molecule has 0 saturated carbocycles. The number of nitrogens with zero attached hydrogens (tertiary/aromatic N) is 1. The van der Waals surface area contributed by atoms with Crippen LogP contribution in [0.2, 0.25) is 0 Å². The van der Waals surface area contributed by atoms with Crippen LogP contribution in [0.5, 0.6) is 0 Å². The lowest BCUT2D eigenvalue weighted by atomic mass is 9.98. The number of ether oxygens (including phenoxy) is 1. The van der Waals surface area contributed by atoms with E-state index in [4.69, 9.17) is 9.84 Å². The van der Waals surface area contributed by atoms with Crippen LogP contribution in [-0.4, -0.2) is 68.7 Å². The Balaban J connectivity index is 1.96. The van der Waals surface area contributed by atoms with Gasteiger partial charge < -0.3 is 9.84 Å². The van der Waals surface area contributed by atoms with Crippen LogP contribution in [-0.2, 0) is 19.4 Å². The molecule has 0 bridgehead atoms. The first kappa shape index (κ1) is 24.1. The molecular formula is C23H31NO5S. The van der Waals surface area contributed by atoms with Crippen molar-refractivity contribution in [1.29, 1.82) is 0 Å². The van der Waals surface area contributed by atoms with Gasteiger partial charge in [0.1, 0.15) is 0 Å². The van der Waals surface area contributed by atoms with Crippen LogP contribution < -0.4 is 0 Å². The van der Waals surface area contributed by atoms with Crippen molar-refractivity contribution in [2.75, 3.05) is 39.6 Å². The third kappa shape index (κ3) is 6.18. The molecule has 1 N–H and O–H groups in total. The molecule has 0 fully saturated rings. The Morgan fingerprint density at radius 1 is 1.30 bits per heavy atom. The third-order valence-corrected chi connectivity index (χ3v) is 7.59. The first-order chi connectivity index (χ1) is 14.2. The quantitative estimate of drug-likeness (QED) is 0.385. The number of hydrogen-bond acceptors (Lipinski definition) is 6. The van der Waals surface area contributed by atoms with Gasteiger partial charge in [0, 0.05) is 44.5 Å². The fourth-order valence-corrected chi connectivity index (χ4v) is 4.15. The molecule has 1 unspecified atom stereocenters. The van der Waals surface area contributed by atoms with Crippen LogP contribution >= 0.6 is 0 Å². The minimum Gasteiger partial charge on any atom is -0.468 e. The zero-order valence-electron chi connectivity index (χ0n) is 18.0. The Morgan fingerprint density at radius 2 is 2.00 bits per heavy atom. The summed E-state index contributed by atoms with van der Waals surface area (Å²) in [5, 5.41) is 8.78. The number of benzene rings is 1. The number of aliphatic hydroxyl groups is 1. The van der Waals surface area contributed by atoms with Gasteiger partial charge in [-0.25, -0.2) is 8.42 Å². The molecule has 1 atom stereocenters. The van der Waals surface area contributed by atoms with Crippen molar-refractivity contribution in [2.45, 2.75) is 37.4 Å². The highest BCUT2D eigenvalue weighted by molar-refractivity contribution is 7.92. The van der Waals surface area contributed by atoms with Crippen LogP contribution in [0.3, 0.4) is 0 Å². The van der Waals surface area contributed by atoms with E-state index in [-0.39, 0.29) is 13.0 Å². The predicted octanol–water partition coefficient (Wildman–Crippen LogP) is 2.27. The van der Waals surface area contributed by atoms with Crippen LogP contribution in [0.15, 0.2) is 30.3 Å². The summed E-state index contributed by atoms with van der Waals surface area (Å²) in [5.41, 5.74) is 3.37. The fraction of sp³-hybridized carbons (Fsp3) is 0.522. The molecular weight excluding hydrogens is 402 g/mol. The Labute approximate surface area is 179 Å². The van der Waals surface area contributed by atoms with E-state index >= 15 is 0 Å². The molecule has 1 aliphatic rings. The number of hydrogen-bond donors (Lipinski definition) is 1. The van der Waals surface area contributed by atoms with Gasteiger partial charge in [-0.3, -0.25) is 9.69 Å². The van der Waals surface area contributed by atoms with Crippen LogP contribution in [0.1, 0.15) is 43.7 Å². The average molecular weight is 434 g/mol. The van der Waals surface area contributed by atoms with Crippen molar-refractivity contribution >= 4 is 21.4 Å². The number of aliphatic hydroxyl groups excluding tert-OH is 1. The molecule has 0 spiro atoms. The van der Waals surface area contributed by atoms with E-state index in [1.165, 1.54) is 19.6 Å². The molecule has 164 valence electrons. The standard InChI is InChI=1S/C23H31NO5S/c1-23(22(26)29-2,30(3,27)28)14-17-24-15-12-21(13-16-24)20-10-8-19(9-11-20)7-5-4-6-18-25/h8-12,25H,4,6,13-18H2,1-3H3. The highest BCUT2D eigenvalue weighted by Gasteiger charge is 2.44. The van der Waals surface area contributed by atoms with Crippen molar-refractivity contribution in [1.82, 2.24) is 4.90 Å². The van der Waals surface area contributed by atoms with Gasteiger partial charge in [-0.1, -0.05) is 30.0 Å². The molecule has 6 nitrogen and oxygen atoms in total. The number of rotatable bonds is 8. The predicted molar refractivity (Wildman–Crippen MR) is 119 cm³/mol. The van der Waals surface area contributed by atoms with E-state index in [0.717, 1.165) is 30.3 Å². The number of methoxy groups -OCH3 is 1. The van der Waals surface area contributed by atoms with Crippen molar-refractivity contribution in [3.63, 3.8) is 0 Å². The first-order valence-electron chi connectivity index (χ1n) is 10.1. The zero-order chi connectivity index (χ0) is 22.2. The Kier molecular flexibility index (Phi) is 8.65. The number of esters is 1. The van der Waals surface area contributed by atoms with Gasteiger partial charge in [0.15, 0.2) is 14.6 Å². The third-order valence-electron chi connectivity index (χ3n) is 5.58. The second-order valence-electron chi connectivity index (χ2n) is 7.73. The van der Waals surface area contributed by atoms with Crippen molar-refractivity contribution in [3.05, 3.63) is 41.5 Å². The molecule has 0 saturated heterocycles. The lowest BCUT2D eigenvalue weighted by Crippen LogP contribution is -2.46. The topological polar surface area (TPSA) is 83.9 Å². The summed E-state index contributed by atoms with van der Waals surface area (Å²) < 4.78 is 27.5. The average Bonchev–Trinajstić information content (AvgIpc) is 2.74. The molecule has 1 aromatic carbocycles. The highest BCUT2D eigenvalue weighted by atomic mass is 32.2. The summed E-state index contributed by atoms with van der Waals surface area (Å²) in [6.45, 7) is 3.61. The Hall–Kier alpha value is -2.14. The minimum absolute atomic E-state index is 0.162. The maximum absolute atomic E-state index is 12.1. The van der Waals surface area contributed by atoms with E-state index in [1.54, 1.807) is 0 Å². The summed E-state index contributed by atoms with van der Waals surface area (Å²) in [7, 11) is -2.37. The molecule has 30 heavy (non-hydrogen) atoms. The van der Waals surface area contributed by atoms with Crippen molar-refractivity contribution < 1.29 is 23.1 Å². The van der Waals surface area contributed by atoms with E-state index in [2.05, 4.69) is 34.9 Å². The molecule has 0 aliphatic carbocycles. The normalized spacial score (nSPS) is 16.7. The van der Waals surface area contributed by atoms with Crippen LogP contribution in [0.4, 0.5) is 0 Å². The summed E-state index contributed by atoms with van der Waals surface area (Å²) in [5.74, 6) is 5.44. The zero-order valence-corrected chi connectivity index (χ0v) is 18.8. The second kappa shape index (κ2) is 10.8. The monoisotopic (exact) mass is 433 g/mol. The number of carbonyl (C=O) groups is 1. The van der Waals surface area contributed by atoms with Gasteiger partial charge in [0.05, 0.1) is 7.11 Å². The van der Waals surface area contributed by atoms with Gasteiger partial charge in [0.25, 0.3) is 0 Å². The highest BCUT2D eigenvalue weighted by Crippen LogP contribution is 2.26. The number of unbranched alkanes of at least 4 members (excludes halogenated alkanes) is 1. The molecule has 2 rings (SSSR count). The fourth-order valence-electron chi connectivity index (χ4n) is 3.30. The molecule has 0 amide bonds. The van der Waals surface area contributed by atoms with Gasteiger partial charge in [-0.05, 0) is 49.5 Å². The molecule has 0 radical (unpaired) electrons. The van der Waals surface area contributed by atoms with Crippen LogP contribution in [0.25, 0.3) is 5.57 Å². The Morgan fingerprint density at radius 3 is 2.53 bits per heavy atom. The minimum atomic E-state index is -3.58. The van der Waals surface area contributed by atoms with Gasteiger partial charge >= 0.3 is 5.97 Å².